The van der Waals surface area contributed by atoms with Crippen molar-refractivity contribution in [1.29, 1.82) is 0 Å². The number of hydrogen-bond donors (Lipinski definition) is 0. The zero-order chi connectivity index (χ0) is 11.5. The van der Waals surface area contributed by atoms with E-state index in [1.54, 1.807) is 6.08 Å². The molecule has 0 radical (unpaired) electrons. The first kappa shape index (κ1) is 10.9. The van der Waals surface area contributed by atoms with Gasteiger partial charge in [0.1, 0.15) is 5.76 Å². The SMILES string of the molecule is CCCC(=O)OC1OCC=C2OC(=O)C=C21. The molecule has 0 aromatic carbocycles. The maximum Gasteiger partial charge on any atom is 0.336 e. The Morgan fingerprint density at radius 2 is 2.44 bits per heavy atom. The van der Waals surface area contributed by atoms with Gasteiger partial charge in [-0.1, -0.05) is 6.92 Å². The van der Waals surface area contributed by atoms with Gasteiger partial charge in [0, 0.05) is 12.5 Å². The predicted molar refractivity (Wildman–Crippen MR) is 53.0 cm³/mol. The normalized spacial score (nSPS) is 23.1. The molecule has 0 saturated carbocycles. The van der Waals surface area contributed by atoms with E-state index < -0.39 is 12.3 Å². The van der Waals surface area contributed by atoms with Crippen LogP contribution < -0.4 is 0 Å². The fourth-order valence-electron chi connectivity index (χ4n) is 1.52. The van der Waals surface area contributed by atoms with Crippen LogP contribution >= 0.6 is 0 Å². The largest absolute Gasteiger partial charge is 0.431 e. The molecule has 16 heavy (non-hydrogen) atoms. The number of fused-ring (bicyclic) bond motifs is 1. The molecule has 2 rings (SSSR count). The number of ether oxygens (including phenoxy) is 3. The Kier molecular flexibility index (Phi) is 3.05. The summed E-state index contributed by atoms with van der Waals surface area (Å²) in [4.78, 5) is 22.3. The second-order valence-corrected chi connectivity index (χ2v) is 3.49. The highest BCUT2D eigenvalue weighted by molar-refractivity contribution is 5.88. The van der Waals surface area contributed by atoms with Gasteiger partial charge < -0.3 is 14.2 Å². The number of carbonyl (C=O) groups is 2. The standard InChI is InChI=1S/C11H12O5/c1-2-3-9(12)16-11-7-6-10(13)15-8(7)4-5-14-11/h4,6,11H,2-3,5H2,1H3. The summed E-state index contributed by atoms with van der Waals surface area (Å²) in [5.74, 6) is -0.358. The first-order valence-corrected chi connectivity index (χ1v) is 5.15. The summed E-state index contributed by atoms with van der Waals surface area (Å²) in [6, 6.07) is 0. The Labute approximate surface area is 92.7 Å². The molecular weight excluding hydrogens is 212 g/mol. The van der Waals surface area contributed by atoms with Crippen molar-refractivity contribution in [2.24, 2.45) is 0 Å². The molecule has 0 fully saturated rings. The molecule has 1 atom stereocenters. The molecular formula is C11H12O5. The highest BCUT2D eigenvalue weighted by Crippen LogP contribution is 2.28. The Morgan fingerprint density at radius 3 is 3.19 bits per heavy atom. The van der Waals surface area contributed by atoms with Crippen molar-refractivity contribution in [3.63, 3.8) is 0 Å². The summed E-state index contributed by atoms with van der Waals surface area (Å²) in [6.07, 6.45) is 3.16. The van der Waals surface area contributed by atoms with Gasteiger partial charge in [0.15, 0.2) is 0 Å². The van der Waals surface area contributed by atoms with Crippen LogP contribution in [0.4, 0.5) is 0 Å². The molecule has 1 unspecified atom stereocenters. The Morgan fingerprint density at radius 1 is 1.62 bits per heavy atom. The first-order chi connectivity index (χ1) is 7.70. The van der Waals surface area contributed by atoms with Gasteiger partial charge in [-0.3, -0.25) is 4.79 Å². The first-order valence-electron chi connectivity index (χ1n) is 5.15. The lowest BCUT2D eigenvalue weighted by Crippen LogP contribution is -2.26. The van der Waals surface area contributed by atoms with Gasteiger partial charge in [-0.2, -0.15) is 0 Å². The minimum Gasteiger partial charge on any atom is -0.431 e. The number of rotatable bonds is 3. The molecule has 86 valence electrons. The number of esters is 2. The van der Waals surface area contributed by atoms with E-state index in [9.17, 15) is 9.59 Å². The third-order valence-corrected chi connectivity index (χ3v) is 2.23. The van der Waals surface area contributed by atoms with Crippen LogP contribution in [0.15, 0.2) is 23.5 Å². The lowest BCUT2D eigenvalue weighted by Gasteiger charge is -2.22. The third-order valence-electron chi connectivity index (χ3n) is 2.23. The zero-order valence-electron chi connectivity index (χ0n) is 8.89. The lowest BCUT2D eigenvalue weighted by molar-refractivity contribution is -0.170. The number of hydrogen-bond acceptors (Lipinski definition) is 5. The van der Waals surface area contributed by atoms with Crippen molar-refractivity contribution in [3.05, 3.63) is 23.5 Å². The van der Waals surface area contributed by atoms with Crippen LogP contribution in [-0.4, -0.2) is 24.8 Å². The quantitative estimate of drug-likeness (QED) is 0.670. The predicted octanol–water partition coefficient (Wildman–Crippen LogP) is 1.05. The topological polar surface area (TPSA) is 61.8 Å². The van der Waals surface area contributed by atoms with Crippen LogP contribution in [0.5, 0.6) is 0 Å². The van der Waals surface area contributed by atoms with Gasteiger partial charge in [0.25, 0.3) is 0 Å². The van der Waals surface area contributed by atoms with Crippen LogP contribution in [-0.2, 0) is 23.8 Å². The molecule has 0 spiro atoms. The monoisotopic (exact) mass is 224 g/mol. The van der Waals surface area contributed by atoms with E-state index in [1.807, 2.05) is 6.92 Å². The third kappa shape index (κ3) is 2.14. The minimum atomic E-state index is -0.814. The second kappa shape index (κ2) is 4.49. The van der Waals surface area contributed by atoms with Gasteiger partial charge >= 0.3 is 11.9 Å². The summed E-state index contributed by atoms with van der Waals surface area (Å²) in [6.45, 7) is 2.15. The maximum absolute atomic E-state index is 11.3. The summed E-state index contributed by atoms with van der Waals surface area (Å²) in [7, 11) is 0. The molecule has 0 bridgehead atoms. The van der Waals surface area contributed by atoms with E-state index in [4.69, 9.17) is 14.2 Å². The van der Waals surface area contributed by atoms with Gasteiger partial charge in [-0.05, 0) is 12.5 Å². The highest BCUT2D eigenvalue weighted by Gasteiger charge is 2.32. The van der Waals surface area contributed by atoms with Crippen LogP contribution in [0.1, 0.15) is 19.8 Å². The second-order valence-electron chi connectivity index (χ2n) is 3.49. The van der Waals surface area contributed by atoms with E-state index in [-0.39, 0.29) is 12.6 Å². The molecule has 0 aliphatic carbocycles. The summed E-state index contributed by atoms with van der Waals surface area (Å²) in [5, 5.41) is 0. The van der Waals surface area contributed by atoms with E-state index in [1.165, 1.54) is 6.08 Å². The summed E-state index contributed by atoms with van der Waals surface area (Å²) < 4.78 is 15.2. The Bertz CT molecular complexity index is 380. The minimum absolute atomic E-state index is 0.268. The molecule has 5 heteroatoms. The maximum atomic E-state index is 11.3. The van der Waals surface area contributed by atoms with Gasteiger partial charge in [-0.15, -0.1) is 0 Å². The average Bonchev–Trinajstić information content (AvgIpc) is 2.60. The molecule has 0 saturated heterocycles. The van der Waals surface area contributed by atoms with Crippen molar-refractivity contribution in [2.75, 3.05) is 6.61 Å². The van der Waals surface area contributed by atoms with E-state index in [0.717, 1.165) is 0 Å². The van der Waals surface area contributed by atoms with Crippen molar-refractivity contribution >= 4 is 11.9 Å². The van der Waals surface area contributed by atoms with Crippen LogP contribution in [0, 0.1) is 0 Å². The zero-order valence-corrected chi connectivity index (χ0v) is 8.89. The van der Waals surface area contributed by atoms with Crippen molar-refractivity contribution in [2.45, 2.75) is 26.1 Å². The molecule has 0 N–H and O–H groups in total. The highest BCUT2D eigenvalue weighted by atomic mass is 16.7. The van der Waals surface area contributed by atoms with Crippen molar-refractivity contribution < 1.29 is 23.8 Å². The molecule has 2 aliphatic heterocycles. The molecule has 0 aromatic rings. The fraction of sp³-hybridized carbons (Fsp3) is 0.455. The Hall–Kier alpha value is -1.62. The van der Waals surface area contributed by atoms with Gasteiger partial charge in [-0.25, -0.2) is 4.79 Å². The van der Waals surface area contributed by atoms with Crippen LogP contribution in [0.25, 0.3) is 0 Å². The van der Waals surface area contributed by atoms with Gasteiger partial charge in [0.2, 0.25) is 6.29 Å². The fourth-order valence-corrected chi connectivity index (χ4v) is 1.52. The van der Waals surface area contributed by atoms with Crippen molar-refractivity contribution in [1.82, 2.24) is 0 Å². The van der Waals surface area contributed by atoms with E-state index in [2.05, 4.69) is 0 Å². The average molecular weight is 224 g/mol. The molecule has 2 heterocycles. The molecule has 2 aliphatic rings. The van der Waals surface area contributed by atoms with Crippen LogP contribution in [0.2, 0.25) is 0 Å². The molecule has 5 nitrogen and oxygen atoms in total. The van der Waals surface area contributed by atoms with E-state index >= 15 is 0 Å². The lowest BCUT2D eigenvalue weighted by atomic mass is 10.2. The van der Waals surface area contributed by atoms with Crippen LogP contribution in [0.3, 0.4) is 0 Å². The summed E-state index contributed by atoms with van der Waals surface area (Å²) in [5.41, 5.74) is 0.487. The van der Waals surface area contributed by atoms with Crippen molar-refractivity contribution in [3.8, 4) is 0 Å². The molecule has 0 amide bonds. The summed E-state index contributed by atoms with van der Waals surface area (Å²) >= 11 is 0. The number of carbonyl (C=O) groups excluding carboxylic acids is 2. The van der Waals surface area contributed by atoms with Gasteiger partial charge in [0.05, 0.1) is 12.2 Å². The van der Waals surface area contributed by atoms with E-state index in [0.29, 0.717) is 24.2 Å². The Balaban J connectivity index is 2.06. The molecule has 0 aromatic heterocycles. The smallest absolute Gasteiger partial charge is 0.336 e.